The lowest BCUT2D eigenvalue weighted by molar-refractivity contribution is 0.0951. The first-order valence-electron chi connectivity index (χ1n) is 7.08. The smallest absolute Gasteiger partial charge is 0.251 e. The number of halogens is 2. The van der Waals surface area contributed by atoms with Crippen molar-refractivity contribution in [2.45, 2.75) is 13.5 Å². The van der Waals surface area contributed by atoms with Crippen LogP contribution in [-0.4, -0.2) is 19.6 Å². The Labute approximate surface area is 154 Å². The second kappa shape index (κ2) is 8.40. The summed E-state index contributed by atoms with van der Waals surface area (Å²) >= 11 is 8.40. The van der Waals surface area contributed by atoms with Crippen LogP contribution in [0.3, 0.4) is 0 Å². The van der Waals surface area contributed by atoms with Gasteiger partial charge in [-0.1, -0.05) is 17.7 Å². The van der Waals surface area contributed by atoms with E-state index in [4.69, 9.17) is 21.1 Å². The maximum absolute atomic E-state index is 12.2. The van der Waals surface area contributed by atoms with Crippen LogP contribution in [0.1, 0.15) is 22.8 Å². The Balaban J connectivity index is 2.11. The number of ether oxygens (including phenoxy) is 2. The van der Waals surface area contributed by atoms with E-state index in [0.29, 0.717) is 35.2 Å². The normalized spacial score (nSPS) is 10.3. The van der Waals surface area contributed by atoms with Gasteiger partial charge in [0.2, 0.25) is 0 Å². The van der Waals surface area contributed by atoms with E-state index < -0.39 is 0 Å². The first-order valence-corrected chi connectivity index (χ1v) is 8.53. The van der Waals surface area contributed by atoms with E-state index in [1.807, 2.05) is 31.2 Å². The molecule has 0 unspecified atom stereocenters. The molecule has 0 saturated carbocycles. The topological polar surface area (TPSA) is 47.6 Å². The Morgan fingerprint density at radius 1 is 1.30 bits per heavy atom. The Hall–Kier alpha value is -1.47. The third-order valence-corrected chi connectivity index (χ3v) is 4.07. The van der Waals surface area contributed by atoms with Crippen LogP contribution in [-0.2, 0) is 6.54 Å². The minimum absolute atomic E-state index is 0.132. The fraction of sp³-hybridized carbons (Fsp3) is 0.235. The SMILES string of the molecule is CCOc1c(Cl)cc(CNC(=O)c2cccc(I)c2)cc1OC. The molecule has 0 aromatic heterocycles. The largest absolute Gasteiger partial charge is 0.493 e. The van der Waals surface area contributed by atoms with Crippen molar-refractivity contribution in [3.63, 3.8) is 0 Å². The lowest BCUT2D eigenvalue weighted by atomic mass is 10.1. The van der Waals surface area contributed by atoms with E-state index in [1.54, 1.807) is 19.2 Å². The average Bonchev–Trinajstić information content (AvgIpc) is 2.54. The number of benzene rings is 2. The molecule has 2 rings (SSSR count). The summed E-state index contributed by atoms with van der Waals surface area (Å²) in [6, 6.07) is 11.0. The van der Waals surface area contributed by atoms with Crippen molar-refractivity contribution in [2.24, 2.45) is 0 Å². The summed E-state index contributed by atoms with van der Waals surface area (Å²) in [7, 11) is 1.56. The number of hydrogen-bond acceptors (Lipinski definition) is 3. The minimum Gasteiger partial charge on any atom is -0.493 e. The zero-order chi connectivity index (χ0) is 16.8. The van der Waals surface area contributed by atoms with Crippen molar-refractivity contribution in [1.29, 1.82) is 0 Å². The Morgan fingerprint density at radius 2 is 2.09 bits per heavy atom. The monoisotopic (exact) mass is 445 g/mol. The van der Waals surface area contributed by atoms with Gasteiger partial charge < -0.3 is 14.8 Å². The summed E-state index contributed by atoms with van der Waals surface area (Å²) < 4.78 is 11.8. The second-order valence-electron chi connectivity index (χ2n) is 4.74. The molecule has 2 aromatic rings. The summed E-state index contributed by atoms with van der Waals surface area (Å²) in [6.45, 7) is 2.73. The van der Waals surface area contributed by atoms with Crippen LogP contribution in [0.15, 0.2) is 36.4 Å². The number of rotatable bonds is 6. The molecule has 0 fully saturated rings. The van der Waals surface area contributed by atoms with E-state index in [9.17, 15) is 4.79 Å². The molecule has 0 saturated heterocycles. The van der Waals surface area contributed by atoms with E-state index >= 15 is 0 Å². The van der Waals surface area contributed by atoms with Gasteiger partial charge in [0.1, 0.15) is 0 Å². The second-order valence-corrected chi connectivity index (χ2v) is 6.39. The Bertz CT molecular complexity index is 706. The summed E-state index contributed by atoms with van der Waals surface area (Å²) in [4.78, 5) is 12.2. The molecule has 0 atom stereocenters. The molecule has 0 aliphatic rings. The van der Waals surface area contributed by atoms with Gasteiger partial charge in [-0.15, -0.1) is 0 Å². The lowest BCUT2D eigenvalue weighted by Crippen LogP contribution is -2.22. The van der Waals surface area contributed by atoms with E-state index in [1.165, 1.54) is 0 Å². The number of carbonyl (C=O) groups is 1. The van der Waals surface area contributed by atoms with Crippen molar-refractivity contribution in [1.82, 2.24) is 5.32 Å². The number of hydrogen-bond donors (Lipinski definition) is 1. The molecule has 1 amide bonds. The molecule has 0 heterocycles. The molecule has 0 bridgehead atoms. The van der Waals surface area contributed by atoms with Crippen LogP contribution in [0.4, 0.5) is 0 Å². The average molecular weight is 446 g/mol. The van der Waals surface area contributed by atoms with Gasteiger partial charge in [-0.25, -0.2) is 0 Å². The predicted molar refractivity (Wildman–Crippen MR) is 99.5 cm³/mol. The van der Waals surface area contributed by atoms with Crippen molar-refractivity contribution < 1.29 is 14.3 Å². The van der Waals surface area contributed by atoms with Gasteiger partial charge >= 0.3 is 0 Å². The molecule has 1 N–H and O–H groups in total. The highest BCUT2D eigenvalue weighted by atomic mass is 127. The number of carbonyl (C=O) groups excluding carboxylic acids is 1. The predicted octanol–water partition coefficient (Wildman–Crippen LogP) is 4.28. The van der Waals surface area contributed by atoms with Gasteiger partial charge in [0.25, 0.3) is 5.91 Å². The first-order chi connectivity index (χ1) is 11.0. The highest BCUT2D eigenvalue weighted by molar-refractivity contribution is 14.1. The van der Waals surface area contributed by atoms with Crippen LogP contribution < -0.4 is 14.8 Å². The van der Waals surface area contributed by atoms with Crippen molar-refractivity contribution in [3.05, 3.63) is 56.1 Å². The van der Waals surface area contributed by atoms with Crippen LogP contribution in [0.2, 0.25) is 5.02 Å². The Kier molecular flexibility index (Phi) is 6.53. The number of nitrogens with one attached hydrogen (secondary N) is 1. The van der Waals surface area contributed by atoms with Gasteiger partial charge in [-0.3, -0.25) is 4.79 Å². The molecule has 0 radical (unpaired) electrons. The zero-order valence-corrected chi connectivity index (χ0v) is 15.8. The van der Waals surface area contributed by atoms with E-state index in [2.05, 4.69) is 27.9 Å². The standard InChI is InChI=1S/C17H17ClINO3/c1-3-23-16-14(18)7-11(8-15(16)22-2)10-20-17(21)12-5-4-6-13(19)9-12/h4-9H,3,10H2,1-2H3,(H,20,21). The van der Waals surface area contributed by atoms with Crippen LogP contribution >= 0.6 is 34.2 Å². The maximum atomic E-state index is 12.2. The molecule has 2 aromatic carbocycles. The van der Waals surface area contributed by atoms with Gasteiger partial charge in [-0.2, -0.15) is 0 Å². The van der Waals surface area contributed by atoms with Gasteiger partial charge in [0, 0.05) is 15.7 Å². The molecule has 6 heteroatoms. The molecule has 0 aliphatic heterocycles. The van der Waals surface area contributed by atoms with Gasteiger partial charge in [0.05, 0.1) is 18.7 Å². The molecule has 0 aliphatic carbocycles. The van der Waals surface area contributed by atoms with Crippen LogP contribution in [0.5, 0.6) is 11.5 Å². The Morgan fingerprint density at radius 3 is 2.74 bits per heavy atom. The van der Waals surface area contributed by atoms with Crippen molar-refractivity contribution >= 4 is 40.1 Å². The highest BCUT2D eigenvalue weighted by Crippen LogP contribution is 2.36. The molecule has 4 nitrogen and oxygen atoms in total. The fourth-order valence-electron chi connectivity index (χ4n) is 2.07. The third-order valence-electron chi connectivity index (χ3n) is 3.12. The van der Waals surface area contributed by atoms with Crippen LogP contribution in [0, 0.1) is 3.57 Å². The van der Waals surface area contributed by atoms with Crippen molar-refractivity contribution in [3.8, 4) is 11.5 Å². The molecular weight excluding hydrogens is 429 g/mol. The highest BCUT2D eigenvalue weighted by Gasteiger charge is 2.12. The lowest BCUT2D eigenvalue weighted by Gasteiger charge is -2.13. The summed E-state index contributed by atoms with van der Waals surface area (Å²) in [5, 5.41) is 3.34. The molecular formula is C17H17ClINO3. The number of methoxy groups -OCH3 is 1. The van der Waals surface area contributed by atoms with Gasteiger partial charge in [-0.05, 0) is 65.4 Å². The summed E-state index contributed by atoms with van der Waals surface area (Å²) in [5.41, 5.74) is 1.47. The minimum atomic E-state index is -0.132. The van der Waals surface area contributed by atoms with E-state index in [0.717, 1.165) is 9.13 Å². The fourth-order valence-corrected chi connectivity index (χ4v) is 2.90. The molecule has 0 spiro atoms. The van der Waals surface area contributed by atoms with E-state index in [-0.39, 0.29) is 5.91 Å². The summed E-state index contributed by atoms with van der Waals surface area (Å²) in [5.74, 6) is 0.940. The quantitative estimate of drug-likeness (QED) is 0.675. The summed E-state index contributed by atoms with van der Waals surface area (Å²) in [6.07, 6.45) is 0. The number of amides is 1. The first kappa shape index (κ1) is 17.9. The molecule has 122 valence electrons. The molecule has 23 heavy (non-hydrogen) atoms. The van der Waals surface area contributed by atoms with Crippen LogP contribution in [0.25, 0.3) is 0 Å². The zero-order valence-electron chi connectivity index (χ0n) is 12.9. The third kappa shape index (κ3) is 4.75. The van der Waals surface area contributed by atoms with Gasteiger partial charge in [0.15, 0.2) is 11.5 Å². The van der Waals surface area contributed by atoms with Crippen molar-refractivity contribution in [2.75, 3.05) is 13.7 Å². The maximum Gasteiger partial charge on any atom is 0.251 e.